The fourth-order valence-corrected chi connectivity index (χ4v) is 1.65. The van der Waals surface area contributed by atoms with Gasteiger partial charge in [0.1, 0.15) is 11.3 Å². The number of nitro groups is 1. The highest BCUT2D eigenvalue weighted by molar-refractivity contribution is 6.32. The lowest BCUT2D eigenvalue weighted by molar-refractivity contribution is -0.385. The number of hydrogen-bond acceptors (Lipinski definition) is 5. The van der Waals surface area contributed by atoms with Crippen molar-refractivity contribution in [2.45, 2.75) is 6.92 Å². The molecular formula is C11H12ClN3O5. The molecule has 0 aliphatic heterocycles. The lowest BCUT2D eigenvalue weighted by atomic mass is 10.1. The molecule has 0 radical (unpaired) electrons. The summed E-state index contributed by atoms with van der Waals surface area (Å²) in [7, 11) is 1.39. The van der Waals surface area contributed by atoms with Gasteiger partial charge in [-0.25, -0.2) is 4.98 Å². The monoisotopic (exact) mass is 301 g/mol. The van der Waals surface area contributed by atoms with Gasteiger partial charge in [-0.05, 0) is 0 Å². The van der Waals surface area contributed by atoms with Crippen LogP contribution in [0.25, 0.3) is 0 Å². The van der Waals surface area contributed by atoms with Crippen molar-refractivity contribution in [3.05, 3.63) is 33.1 Å². The molecular weight excluding hydrogens is 290 g/mol. The average molecular weight is 302 g/mol. The Hall–Kier alpha value is -2.22. The summed E-state index contributed by atoms with van der Waals surface area (Å²) in [6.45, 7) is 1.40. The minimum absolute atomic E-state index is 0.0484. The molecule has 0 aliphatic carbocycles. The predicted octanol–water partition coefficient (Wildman–Crippen LogP) is 1.44. The van der Waals surface area contributed by atoms with Crippen LogP contribution in [0.1, 0.15) is 17.3 Å². The van der Waals surface area contributed by atoms with Crippen molar-refractivity contribution in [2.75, 3.05) is 13.6 Å². The van der Waals surface area contributed by atoms with Crippen molar-refractivity contribution < 1.29 is 19.6 Å². The van der Waals surface area contributed by atoms with Gasteiger partial charge in [-0.2, -0.15) is 0 Å². The van der Waals surface area contributed by atoms with Gasteiger partial charge in [0.05, 0.1) is 16.4 Å². The zero-order valence-corrected chi connectivity index (χ0v) is 11.5. The Balaban J connectivity index is 2.99. The Bertz CT molecular complexity index is 563. The summed E-state index contributed by atoms with van der Waals surface area (Å²) in [4.78, 5) is 37.5. The Kier molecular flexibility index (Phi) is 4.98. The number of pyridine rings is 1. The standard InChI is InChI=1S/C11H12ClN3O5/c1-6(11(17)18)5-14(2)10(16)8-3-7(15(19)20)4-13-9(8)12/h3-4,6H,5H2,1-2H3,(H,17,18). The van der Waals surface area contributed by atoms with Crippen molar-refractivity contribution in [2.24, 2.45) is 5.92 Å². The van der Waals surface area contributed by atoms with E-state index in [1.807, 2.05) is 0 Å². The van der Waals surface area contributed by atoms with E-state index in [-0.39, 0.29) is 22.9 Å². The van der Waals surface area contributed by atoms with Crippen LogP contribution in [0.2, 0.25) is 5.15 Å². The van der Waals surface area contributed by atoms with E-state index in [2.05, 4.69) is 4.98 Å². The maximum absolute atomic E-state index is 12.1. The topological polar surface area (TPSA) is 114 Å². The number of carboxylic acid groups (broad SMARTS) is 1. The van der Waals surface area contributed by atoms with Crippen molar-refractivity contribution >= 4 is 29.2 Å². The van der Waals surface area contributed by atoms with Gasteiger partial charge in [-0.1, -0.05) is 18.5 Å². The summed E-state index contributed by atoms with van der Waals surface area (Å²) in [6.07, 6.45) is 0.943. The molecule has 1 aromatic rings. The minimum Gasteiger partial charge on any atom is -0.481 e. The first-order valence-corrected chi connectivity index (χ1v) is 5.90. The minimum atomic E-state index is -1.05. The van der Waals surface area contributed by atoms with Crippen molar-refractivity contribution in [1.29, 1.82) is 0 Å². The number of amides is 1. The number of nitrogens with zero attached hydrogens (tertiary/aromatic N) is 3. The largest absolute Gasteiger partial charge is 0.481 e. The van der Waals surface area contributed by atoms with Crippen molar-refractivity contribution in [1.82, 2.24) is 9.88 Å². The molecule has 1 aromatic heterocycles. The highest BCUT2D eigenvalue weighted by atomic mass is 35.5. The van der Waals surface area contributed by atoms with Crippen LogP contribution in [-0.2, 0) is 4.79 Å². The van der Waals surface area contributed by atoms with Crippen molar-refractivity contribution in [3.8, 4) is 0 Å². The van der Waals surface area contributed by atoms with E-state index in [4.69, 9.17) is 16.7 Å². The van der Waals surface area contributed by atoms with Crippen LogP contribution in [0, 0.1) is 16.0 Å². The smallest absolute Gasteiger partial charge is 0.308 e. The van der Waals surface area contributed by atoms with Gasteiger partial charge in [0, 0.05) is 19.7 Å². The molecule has 20 heavy (non-hydrogen) atoms. The van der Waals surface area contributed by atoms with Gasteiger partial charge < -0.3 is 10.0 Å². The molecule has 1 atom stereocenters. The maximum atomic E-state index is 12.1. The van der Waals surface area contributed by atoms with Crippen LogP contribution >= 0.6 is 11.6 Å². The van der Waals surface area contributed by atoms with E-state index >= 15 is 0 Å². The summed E-state index contributed by atoms with van der Waals surface area (Å²) in [5.74, 6) is -2.44. The van der Waals surface area contributed by atoms with Gasteiger partial charge in [0.2, 0.25) is 0 Å². The van der Waals surface area contributed by atoms with Gasteiger partial charge in [-0.15, -0.1) is 0 Å². The molecule has 0 aromatic carbocycles. The molecule has 1 N–H and O–H groups in total. The number of carboxylic acids is 1. The zero-order valence-electron chi connectivity index (χ0n) is 10.7. The second kappa shape index (κ2) is 6.29. The Labute approximate surface area is 119 Å². The van der Waals surface area contributed by atoms with Gasteiger partial charge >= 0.3 is 5.97 Å². The Morgan fingerprint density at radius 2 is 2.20 bits per heavy atom. The molecule has 1 rings (SSSR count). The second-order valence-corrected chi connectivity index (χ2v) is 4.57. The molecule has 1 heterocycles. The third kappa shape index (κ3) is 3.64. The molecule has 0 saturated carbocycles. The van der Waals surface area contributed by atoms with E-state index in [1.165, 1.54) is 14.0 Å². The second-order valence-electron chi connectivity index (χ2n) is 4.21. The highest BCUT2D eigenvalue weighted by Crippen LogP contribution is 2.20. The summed E-state index contributed by atoms with van der Waals surface area (Å²) in [6, 6.07) is 1.01. The first kappa shape index (κ1) is 15.8. The third-order valence-electron chi connectivity index (χ3n) is 2.58. The van der Waals surface area contributed by atoms with E-state index in [1.54, 1.807) is 0 Å². The third-order valence-corrected chi connectivity index (χ3v) is 2.88. The van der Waals surface area contributed by atoms with Crippen LogP contribution in [-0.4, -0.2) is 45.4 Å². The molecule has 1 unspecified atom stereocenters. The summed E-state index contributed by atoms with van der Waals surface area (Å²) in [5, 5.41) is 19.3. The Morgan fingerprint density at radius 3 is 2.70 bits per heavy atom. The zero-order chi connectivity index (χ0) is 15.4. The SMILES string of the molecule is CC(CN(C)C(=O)c1cc([N+](=O)[O-])cnc1Cl)C(=O)O. The first-order valence-electron chi connectivity index (χ1n) is 5.52. The molecule has 9 heteroatoms. The number of carbonyl (C=O) groups is 2. The summed E-state index contributed by atoms with van der Waals surface area (Å²) >= 11 is 5.74. The van der Waals surface area contributed by atoms with Crippen LogP contribution in [0.3, 0.4) is 0 Å². The lowest BCUT2D eigenvalue weighted by Gasteiger charge is -2.19. The highest BCUT2D eigenvalue weighted by Gasteiger charge is 2.23. The molecule has 0 fully saturated rings. The van der Waals surface area contributed by atoms with Gasteiger partial charge in [0.25, 0.3) is 11.6 Å². The molecule has 0 bridgehead atoms. The van der Waals surface area contributed by atoms with Gasteiger partial charge in [-0.3, -0.25) is 19.7 Å². The molecule has 0 aliphatic rings. The van der Waals surface area contributed by atoms with E-state index in [0.717, 1.165) is 17.2 Å². The molecule has 108 valence electrons. The quantitative estimate of drug-likeness (QED) is 0.500. The summed E-state index contributed by atoms with van der Waals surface area (Å²) in [5.41, 5.74) is -0.501. The number of aliphatic carboxylic acids is 1. The molecule has 1 amide bonds. The lowest BCUT2D eigenvalue weighted by Crippen LogP contribution is -2.34. The number of carbonyl (C=O) groups excluding carboxylic acids is 1. The first-order chi connectivity index (χ1) is 9.23. The van der Waals surface area contributed by atoms with E-state index in [9.17, 15) is 19.7 Å². The van der Waals surface area contributed by atoms with E-state index < -0.39 is 22.7 Å². The van der Waals surface area contributed by atoms with Gasteiger partial charge in [0.15, 0.2) is 0 Å². The number of rotatable bonds is 5. The fraction of sp³-hybridized carbons (Fsp3) is 0.364. The number of halogens is 1. The summed E-state index contributed by atoms with van der Waals surface area (Å²) < 4.78 is 0. The Morgan fingerprint density at radius 1 is 1.60 bits per heavy atom. The normalized spacial score (nSPS) is 11.8. The van der Waals surface area contributed by atoms with Crippen LogP contribution in [0.4, 0.5) is 5.69 Å². The van der Waals surface area contributed by atoms with Crippen LogP contribution in [0.5, 0.6) is 0 Å². The van der Waals surface area contributed by atoms with Crippen LogP contribution in [0.15, 0.2) is 12.3 Å². The number of aromatic nitrogens is 1. The molecule has 0 spiro atoms. The van der Waals surface area contributed by atoms with Crippen molar-refractivity contribution in [3.63, 3.8) is 0 Å². The number of hydrogen-bond donors (Lipinski definition) is 1. The predicted molar refractivity (Wildman–Crippen MR) is 69.7 cm³/mol. The molecule has 8 nitrogen and oxygen atoms in total. The average Bonchev–Trinajstić information content (AvgIpc) is 2.37. The maximum Gasteiger partial charge on any atom is 0.308 e. The van der Waals surface area contributed by atoms with Crippen LogP contribution < -0.4 is 0 Å². The fourth-order valence-electron chi connectivity index (χ4n) is 1.46. The molecule has 0 saturated heterocycles. The van der Waals surface area contributed by atoms with E-state index in [0.29, 0.717) is 0 Å².